The third-order valence-corrected chi connectivity index (χ3v) is 6.54. The number of carbonyl (C=O) groups is 2. The SMILES string of the molecule is CCN1CCc2ncc(N3CCN(C4CCC(OCC(=O)O)CC4)C3=O)nc2CC1. The summed E-state index contributed by atoms with van der Waals surface area (Å²) >= 11 is 0. The third kappa shape index (κ3) is 4.57. The van der Waals surface area contributed by atoms with Crippen LogP contribution in [0, 0.1) is 0 Å². The first kappa shape index (κ1) is 21.0. The van der Waals surface area contributed by atoms with Gasteiger partial charge in [0.1, 0.15) is 6.61 Å². The Morgan fingerprint density at radius 2 is 1.87 bits per heavy atom. The molecule has 2 fully saturated rings. The highest BCUT2D eigenvalue weighted by Gasteiger charge is 2.37. The quantitative estimate of drug-likeness (QED) is 0.750. The number of anilines is 1. The van der Waals surface area contributed by atoms with Gasteiger partial charge in [0.05, 0.1) is 23.7 Å². The fourth-order valence-electron chi connectivity index (χ4n) is 4.76. The van der Waals surface area contributed by atoms with Crippen LogP contribution in [-0.4, -0.2) is 88.4 Å². The molecule has 164 valence electrons. The fourth-order valence-corrected chi connectivity index (χ4v) is 4.76. The van der Waals surface area contributed by atoms with Gasteiger partial charge in [0, 0.05) is 45.1 Å². The van der Waals surface area contributed by atoms with Gasteiger partial charge in [-0.05, 0) is 32.2 Å². The van der Waals surface area contributed by atoms with Gasteiger partial charge in [-0.25, -0.2) is 14.6 Å². The number of carboxylic acids is 1. The Balaban J connectivity index is 1.36. The van der Waals surface area contributed by atoms with Gasteiger partial charge in [-0.15, -0.1) is 0 Å². The lowest BCUT2D eigenvalue weighted by atomic mass is 9.92. The average Bonchev–Trinajstić information content (AvgIpc) is 3.01. The van der Waals surface area contributed by atoms with E-state index in [2.05, 4.69) is 16.8 Å². The van der Waals surface area contributed by atoms with E-state index in [9.17, 15) is 9.59 Å². The molecular weight excluding hydrogens is 386 g/mol. The molecule has 3 aliphatic rings. The van der Waals surface area contributed by atoms with Gasteiger partial charge in [0.2, 0.25) is 0 Å². The van der Waals surface area contributed by atoms with Gasteiger partial charge in [0.15, 0.2) is 5.82 Å². The number of amides is 2. The second-order valence-electron chi connectivity index (χ2n) is 8.32. The number of rotatable bonds is 6. The monoisotopic (exact) mass is 417 g/mol. The van der Waals surface area contributed by atoms with Crippen molar-refractivity contribution in [1.29, 1.82) is 0 Å². The van der Waals surface area contributed by atoms with Crippen molar-refractivity contribution >= 4 is 17.8 Å². The summed E-state index contributed by atoms with van der Waals surface area (Å²) in [5, 5.41) is 8.76. The van der Waals surface area contributed by atoms with Gasteiger partial charge in [0.25, 0.3) is 0 Å². The van der Waals surface area contributed by atoms with E-state index >= 15 is 0 Å². The first-order chi connectivity index (χ1) is 14.5. The highest BCUT2D eigenvalue weighted by molar-refractivity contribution is 5.93. The molecule has 9 heteroatoms. The molecule has 0 radical (unpaired) electrons. The van der Waals surface area contributed by atoms with Crippen LogP contribution in [0.25, 0.3) is 0 Å². The zero-order valence-corrected chi connectivity index (χ0v) is 17.6. The highest BCUT2D eigenvalue weighted by atomic mass is 16.5. The molecule has 3 heterocycles. The molecule has 1 aliphatic carbocycles. The van der Waals surface area contributed by atoms with Gasteiger partial charge < -0.3 is 19.6 Å². The summed E-state index contributed by atoms with van der Waals surface area (Å²) in [6.45, 7) is 6.26. The second-order valence-corrected chi connectivity index (χ2v) is 8.32. The minimum atomic E-state index is -0.938. The van der Waals surface area contributed by atoms with Gasteiger partial charge in [-0.1, -0.05) is 6.92 Å². The maximum absolute atomic E-state index is 13.1. The Morgan fingerprint density at radius 1 is 1.13 bits per heavy atom. The number of ether oxygens (including phenoxy) is 1. The Labute approximate surface area is 177 Å². The van der Waals surface area contributed by atoms with Crippen LogP contribution in [0.2, 0.25) is 0 Å². The summed E-state index contributed by atoms with van der Waals surface area (Å²) in [4.78, 5) is 39.3. The summed E-state index contributed by atoms with van der Waals surface area (Å²) in [7, 11) is 0. The van der Waals surface area contributed by atoms with Crippen molar-refractivity contribution in [2.45, 2.75) is 57.6 Å². The van der Waals surface area contributed by atoms with E-state index in [1.165, 1.54) is 0 Å². The number of fused-ring (bicyclic) bond motifs is 1. The normalized spacial score (nSPS) is 25.3. The van der Waals surface area contributed by atoms with Crippen LogP contribution in [-0.2, 0) is 22.4 Å². The number of urea groups is 1. The van der Waals surface area contributed by atoms with E-state index in [0.717, 1.165) is 69.5 Å². The molecule has 0 atom stereocenters. The number of carboxylic acid groups (broad SMARTS) is 1. The Bertz CT molecular complexity index is 781. The molecule has 1 aromatic rings. The van der Waals surface area contributed by atoms with Crippen LogP contribution in [0.3, 0.4) is 0 Å². The molecule has 30 heavy (non-hydrogen) atoms. The molecule has 2 amide bonds. The maximum Gasteiger partial charge on any atom is 0.329 e. The van der Waals surface area contributed by atoms with Gasteiger partial charge in [-0.3, -0.25) is 9.88 Å². The van der Waals surface area contributed by atoms with Crippen LogP contribution in [0.5, 0.6) is 0 Å². The minimum Gasteiger partial charge on any atom is -0.480 e. The first-order valence-corrected chi connectivity index (χ1v) is 11.0. The zero-order valence-electron chi connectivity index (χ0n) is 17.6. The largest absolute Gasteiger partial charge is 0.480 e. The fraction of sp³-hybridized carbons (Fsp3) is 0.714. The second kappa shape index (κ2) is 9.26. The Hall–Kier alpha value is -2.26. The van der Waals surface area contributed by atoms with E-state index in [0.29, 0.717) is 18.9 Å². The molecule has 1 saturated heterocycles. The molecule has 2 aliphatic heterocycles. The highest BCUT2D eigenvalue weighted by Crippen LogP contribution is 2.29. The Morgan fingerprint density at radius 3 is 2.57 bits per heavy atom. The molecule has 0 unspecified atom stereocenters. The Kier molecular flexibility index (Phi) is 6.48. The predicted octanol–water partition coefficient (Wildman–Crippen LogP) is 1.55. The van der Waals surface area contributed by atoms with Crippen LogP contribution in [0.4, 0.5) is 10.6 Å². The molecule has 1 aromatic heterocycles. The lowest BCUT2D eigenvalue weighted by molar-refractivity contribution is -0.145. The number of aromatic nitrogens is 2. The minimum absolute atomic E-state index is 0.00274. The first-order valence-electron chi connectivity index (χ1n) is 11.0. The van der Waals surface area contributed by atoms with Crippen molar-refractivity contribution in [2.24, 2.45) is 0 Å². The molecule has 9 nitrogen and oxygen atoms in total. The molecule has 1 N–H and O–H groups in total. The molecule has 0 aromatic carbocycles. The van der Waals surface area contributed by atoms with Crippen molar-refractivity contribution in [3.8, 4) is 0 Å². The van der Waals surface area contributed by atoms with Crippen molar-refractivity contribution in [3.05, 3.63) is 17.6 Å². The maximum atomic E-state index is 13.1. The van der Waals surface area contributed by atoms with Crippen LogP contribution >= 0.6 is 0 Å². The van der Waals surface area contributed by atoms with Gasteiger partial charge >= 0.3 is 12.0 Å². The molecule has 4 rings (SSSR count). The van der Waals surface area contributed by atoms with Crippen LogP contribution < -0.4 is 4.90 Å². The zero-order chi connectivity index (χ0) is 21.1. The van der Waals surface area contributed by atoms with Crippen molar-refractivity contribution < 1.29 is 19.4 Å². The van der Waals surface area contributed by atoms with Crippen LogP contribution in [0.1, 0.15) is 44.0 Å². The summed E-state index contributed by atoms with van der Waals surface area (Å²) in [6.07, 6.45) is 6.75. The number of likely N-dealkylation sites (N-methyl/N-ethyl adjacent to an activating group) is 1. The molecular formula is C21H31N5O4. The molecule has 0 bridgehead atoms. The lowest BCUT2D eigenvalue weighted by Crippen LogP contribution is -2.42. The third-order valence-electron chi connectivity index (χ3n) is 6.54. The predicted molar refractivity (Wildman–Crippen MR) is 111 cm³/mol. The van der Waals surface area contributed by atoms with Crippen molar-refractivity contribution in [2.75, 3.05) is 44.2 Å². The summed E-state index contributed by atoms with van der Waals surface area (Å²) in [5.74, 6) is -0.281. The summed E-state index contributed by atoms with van der Waals surface area (Å²) < 4.78 is 5.42. The van der Waals surface area contributed by atoms with E-state index < -0.39 is 5.97 Å². The van der Waals surface area contributed by atoms with Crippen LogP contribution in [0.15, 0.2) is 6.20 Å². The van der Waals surface area contributed by atoms with E-state index in [4.69, 9.17) is 14.8 Å². The number of hydrogen-bond acceptors (Lipinski definition) is 6. The van der Waals surface area contributed by atoms with E-state index in [1.807, 2.05) is 4.90 Å². The topological polar surface area (TPSA) is 99.1 Å². The average molecular weight is 418 g/mol. The summed E-state index contributed by atoms with van der Waals surface area (Å²) in [5.41, 5.74) is 2.07. The molecule has 0 spiro atoms. The number of carbonyl (C=O) groups excluding carboxylic acids is 1. The lowest BCUT2D eigenvalue weighted by Gasteiger charge is -2.34. The number of hydrogen-bond donors (Lipinski definition) is 1. The van der Waals surface area contributed by atoms with E-state index in [1.54, 1.807) is 11.1 Å². The van der Waals surface area contributed by atoms with Gasteiger partial charge in [-0.2, -0.15) is 0 Å². The number of aliphatic carboxylic acids is 1. The number of nitrogens with zero attached hydrogens (tertiary/aromatic N) is 5. The van der Waals surface area contributed by atoms with E-state index in [-0.39, 0.29) is 24.8 Å². The molecule has 1 saturated carbocycles. The smallest absolute Gasteiger partial charge is 0.329 e. The van der Waals surface area contributed by atoms with Crippen molar-refractivity contribution in [3.63, 3.8) is 0 Å². The summed E-state index contributed by atoms with van der Waals surface area (Å²) in [6, 6.07) is 0.182. The van der Waals surface area contributed by atoms with Crippen molar-refractivity contribution in [1.82, 2.24) is 19.8 Å². The standard InChI is InChI=1S/C21H31N5O4/c1-2-24-9-7-17-18(8-10-24)23-19(13-22-17)26-12-11-25(21(26)29)15-3-5-16(6-4-15)30-14-20(27)28/h13,15-16H,2-12,14H2,1H3,(H,27,28).